The number of benzene rings is 7. The van der Waals surface area contributed by atoms with Crippen LogP contribution in [-0.2, 0) is 4.79 Å². The summed E-state index contributed by atoms with van der Waals surface area (Å²) in [6, 6.07) is 44.6. The maximum Gasteiger partial charge on any atom is 0.240 e. The molecule has 5 nitrogen and oxygen atoms in total. The molecule has 0 saturated heterocycles. The summed E-state index contributed by atoms with van der Waals surface area (Å²) in [6.07, 6.45) is 17.0. The van der Waals surface area contributed by atoms with Crippen LogP contribution in [0.15, 0.2) is 157 Å². The molecule has 0 spiro atoms. The largest absolute Gasteiger partial charge is 0.273 e. The van der Waals surface area contributed by atoms with E-state index < -0.39 is 0 Å². The second-order valence-electron chi connectivity index (χ2n) is 13.7. The zero-order valence-corrected chi connectivity index (χ0v) is 29.8. The predicted molar refractivity (Wildman–Crippen MR) is 227 cm³/mol. The number of hydrogen-bond acceptors (Lipinski definition) is 4. The van der Waals surface area contributed by atoms with Gasteiger partial charge in [0.15, 0.2) is 0 Å². The quantitative estimate of drug-likeness (QED) is 0.133. The molecular formula is C49H36N4O. The molecule has 0 aliphatic carbocycles. The Morgan fingerprint density at radius 2 is 0.981 bits per heavy atom. The Hall–Kier alpha value is -6.98. The highest BCUT2D eigenvalue weighted by Gasteiger charge is 2.22. The van der Waals surface area contributed by atoms with Crippen molar-refractivity contribution in [3.8, 4) is 0 Å². The van der Waals surface area contributed by atoms with E-state index in [0.717, 1.165) is 33.7 Å². The molecule has 258 valence electrons. The van der Waals surface area contributed by atoms with Gasteiger partial charge in [0.1, 0.15) is 0 Å². The van der Waals surface area contributed by atoms with Gasteiger partial charge in [0.2, 0.25) is 5.91 Å². The third-order valence-corrected chi connectivity index (χ3v) is 10.2. The molecule has 2 heterocycles. The Labute approximate surface area is 313 Å². The van der Waals surface area contributed by atoms with Gasteiger partial charge in [-0.05, 0) is 90.6 Å². The van der Waals surface area contributed by atoms with E-state index in [0.29, 0.717) is 6.42 Å². The Kier molecular flexibility index (Phi) is 8.66. The van der Waals surface area contributed by atoms with Crippen LogP contribution >= 0.6 is 0 Å². The molecule has 1 aliphatic heterocycles. The molecule has 1 aliphatic rings. The number of nitrogens with zero attached hydrogens (tertiary/aromatic N) is 3. The van der Waals surface area contributed by atoms with Crippen molar-refractivity contribution < 1.29 is 4.79 Å². The molecule has 1 amide bonds. The lowest BCUT2D eigenvalue weighted by Gasteiger charge is -2.19. The smallest absolute Gasteiger partial charge is 0.240 e. The van der Waals surface area contributed by atoms with Crippen LogP contribution in [0.25, 0.3) is 78.4 Å². The molecule has 8 aromatic rings. The van der Waals surface area contributed by atoms with Crippen molar-refractivity contribution in [3.63, 3.8) is 0 Å². The zero-order valence-electron chi connectivity index (χ0n) is 29.8. The van der Waals surface area contributed by atoms with Crippen LogP contribution in [0.2, 0.25) is 0 Å². The highest BCUT2D eigenvalue weighted by molar-refractivity contribution is 6.09. The maximum absolute atomic E-state index is 11.9. The molecule has 0 saturated carbocycles. The summed E-state index contributed by atoms with van der Waals surface area (Å²) in [5.41, 5.74) is 9.84. The number of nitrogens with one attached hydrogen (secondary N) is 1. The number of hydrazone groups is 1. The number of allylic oxidation sites excluding steroid dienone is 4. The van der Waals surface area contributed by atoms with Gasteiger partial charge in [0.05, 0.1) is 28.1 Å². The van der Waals surface area contributed by atoms with E-state index in [2.05, 4.69) is 144 Å². The van der Waals surface area contributed by atoms with Crippen LogP contribution in [0.1, 0.15) is 41.4 Å². The molecular weight excluding hydrogens is 661 g/mol. The minimum absolute atomic E-state index is 0.00617. The van der Waals surface area contributed by atoms with Gasteiger partial charge in [-0.25, -0.2) is 15.4 Å². The summed E-state index contributed by atoms with van der Waals surface area (Å²) in [6.45, 7) is 2.02. The molecule has 7 aromatic carbocycles. The van der Waals surface area contributed by atoms with Crippen molar-refractivity contribution in [2.45, 2.75) is 13.3 Å². The summed E-state index contributed by atoms with van der Waals surface area (Å²) in [4.78, 5) is 22.1. The molecule has 9 rings (SSSR count). The molecule has 1 aromatic heterocycles. The van der Waals surface area contributed by atoms with Gasteiger partial charge in [-0.2, -0.15) is 5.10 Å². The number of aromatic nitrogens is 2. The van der Waals surface area contributed by atoms with Crippen molar-refractivity contribution in [1.82, 2.24) is 15.4 Å². The monoisotopic (exact) mass is 696 g/mol. The van der Waals surface area contributed by atoms with Crippen LogP contribution in [0.3, 0.4) is 0 Å². The fourth-order valence-electron chi connectivity index (χ4n) is 7.54. The van der Waals surface area contributed by atoms with Gasteiger partial charge in [0, 0.05) is 17.9 Å². The molecule has 54 heavy (non-hydrogen) atoms. The molecule has 0 fully saturated rings. The first-order valence-electron chi connectivity index (χ1n) is 18.3. The third kappa shape index (κ3) is 6.37. The highest BCUT2D eigenvalue weighted by atomic mass is 16.2. The minimum atomic E-state index is -0.0667. The van der Waals surface area contributed by atoms with Crippen LogP contribution in [0, 0.1) is 5.92 Å². The van der Waals surface area contributed by atoms with Gasteiger partial charge in [-0.1, -0.05) is 147 Å². The van der Waals surface area contributed by atoms with Crippen molar-refractivity contribution in [2.75, 3.05) is 0 Å². The van der Waals surface area contributed by atoms with Crippen LogP contribution < -0.4 is 5.43 Å². The average Bonchev–Trinajstić information content (AvgIpc) is 3.20. The van der Waals surface area contributed by atoms with Crippen LogP contribution in [0.5, 0.6) is 0 Å². The summed E-state index contributed by atoms with van der Waals surface area (Å²) >= 11 is 0. The number of carbonyl (C=O) groups excluding carboxylic acids is 1. The number of carbonyl (C=O) groups is 1. The first-order chi connectivity index (χ1) is 26.6. The lowest BCUT2D eigenvalue weighted by molar-refractivity contribution is -0.121. The van der Waals surface area contributed by atoms with Crippen molar-refractivity contribution >= 4 is 90.0 Å². The lowest BCUT2D eigenvalue weighted by Crippen LogP contribution is -2.31. The SMILES string of the molecule is CC1CC(=O)NN=C1c1ccc2nc(C=CC=Cc3c4ccccc4cc4ccccc34)c(C=CC=Cc3c4ccccc4cc4ccccc34)nc2c1. The van der Waals surface area contributed by atoms with Gasteiger partial charge in [-0.15, -0.1) is 0 Å². The topological polar surface area (TPSA) is 67.2 Å². The summed E-state index contributed by atoms with van der Waals surface area (Å²) in [7, 11) is 0. The molecule has 0 bridgehead atoms. The van der Waals surface area contributed by atoms with E-state index in [-0.39, 0.29) is 11.8 Å². The van der Waals surface area contributed by atoms with Gasteiger partial charge < -0.3 is 0 Å². The van der Waals surface area contributed by atoms with Gasteiger partial charge in [0.25, 0.3) is 0 Å². The average molecular weight is 697 g/mol. The maximum atomic E-state index is 11.9. The first kappa shape index (κ1) is 32.9. The van der Waals surface area contributed by atoms with E-state index >= 15 is 0 Å². The van der Waals surface area contributed by atoms with E-state index in [9.17, 15) is 4.79 Å². The molecule has 1 N–H and O–H groups in total. The van der Waals surface area contributed by atoms with Crippen LogP contribution in [-0.4, -0.2) is 21.6 Å². The summed E-state index contributed by atoms with van der Waals surface area (Å²) in [5, 5.41) is 14.1. The fraction of sp³-hybridized carbons (Fsp3) is 0.0612. The predicted octanol–water partition coefficient (Wildman–Crippen LogP) is 11.6. The Bertz CT molecular complexity index is 2820. The Morgan fingerprint density at radius 1 is 0.537 bits per heavy atom. The fourth-order valence-corrected chi connectivity index (χ4v) is 7.54. The first-order valence-corrected chi connectivity index (χ1v) is 18.3. The Balaban J connectivity index is 1.10. The standard InChI is InChI=1S/C49H36N4O/c1-32-28-48(54)52-53-49(32)37-26-27-46-47(31-37)51-45(25-13-11-23-43-40-20-8-4-16-35(40)30-36-17-5-9-21-41(36)43)44(50-46)24-12-10-22-42-38-18-6-2-14-33(38)29-34-15-3-7-19-39(34)42/h2-27,29-32H,28H2,1H3,(H,52,54). The number of rotatable bonds is 7. The van der Waals surface area contributed by atoms with E-state index in [1.54, 1.807) is 0 Å². The van der Waals surface area contributed by atoms with Gasteiger partial charge >= 0.3 is 0 Å². The normalized spacial score (nSPS) is 15.2. The van der Waals surface area contributed by atoms with Crippen molar-refractivity contribution in [1.29, 1.82) is 0 Å². The van der Waals surface area contributed by atoms with E-state index in [1.807, 2.05) is 49.4 Å². The van der Waals surface area contributed by atoms with Gasteiger partial charge in [-0.3, -0.25) is 4.79 Å². The summed E-state index contributed by atoms with van der Waals surface area (Å²) < 4.78 is 0. The number of amides is 1. The third-order valence-electron chi connectivity index (χ3n) is 10.2. The van der Waals surface area contributed by atoms with Crippen molar-refractivity contribution in [3.05, 3.63) is 180 Å². The number of fused-ring (bicyclic) bond motifs is 5. The number of hydrogen-bond donors (Lipinski definition) is 1. The second-order valence-corrected chi connectivity index (χ2v) is 13.7. The minimum Gasteiger partial charge on any atom is -0.273 e. The lowest BCUT2D eigenvalue weighted by atomic mass is 9.94. The van der Waals surface area contributed by atoms with E-state index in [1.165, 1.54) is 54.2 Å². The zero-order chi connectivity index (χ0) is 36.4. The molecule has 5 heteroatoms. The van der Waals surface area contributed by atoms with Crippen LogP contribution in [0.4, 0.5) is 0 Å². The molecule has 0 radical (unpaired) electrons. The molecule has 1 atom stereocenters. The summed E-state index contributed by atoms with van der Waals surface area (Å²) in [5.74, 6) is -0.0606. The highest BCUT2D eigenvalue weighted by Crippen LogP contribution is 2.31. The molecule has 1 unspecified atom stereocenters. The van der Waals surface area contributed by atoms with Crippen molar-refractivity contribution in [2.24, 2.45) is 11.0 Å². The Morgan fingerprint density at radius 3 is 1.46 bits per heavy atom. The second kappa shape index (κ2) is 14.2. The van der Waals surface area contributed by atoms with E-state index in [4.69, 9.17) is 9.97 Å².